The van der Waals surface area contributed by atoms with E-state index in [-0.39, 0.29) is 0 Å². The molecule has 2 N–H and O–H groups in total. The minimum Gasteiger partial charge on any atom is -0.329 e. The molecule has 4 heteroatoms. The quantitative estimate of drug-likeness (QED) is 0.810. The smallest absolute Gasteiger partial charge is 0.0540 e. The molecule has 0 radical (unpaired) electrons. The van der Waals surface area contributed by atoms with E-state index in [1.54, 1.807) is 0 Å². The number of hydrogen-bond acceptors (Lipinski definition) is 3. The van der Waals surface area contributed by atoms with Gasteiger partial charge in [-0.3, -0.25) is 9.58 Å². The van der Waals surface area contributed by atoms with Gasteiger partial charge in [-0.1, -0.05) is 0 Å². The van der Waals surface area contributed by atoms with E-state index in [4.69, 9.17) is 5.73 Å². The van der Waals surface area contributed by atoms with Crippen molar-refractivity contribution in [1.82, 2.24) is 14.7 Å². The van der Waals surface area contributed by atoms with Gasteiger partial charge in [0.1, 0.15) is 0 Å². The van der Waals surface area contributed by atoms with Crippen molar-refractivity contribution >= 4 is 0 Å². The fourth-order valence-corrected chi connectivity index (χ4v) is 2.22. The first kappa shape index (κ1) is 11.6. The maximum Gasteiger partial charge on any atom is 0.0540 e. The number of hydrogen-bond donors (Lipinski definition) is 1. The van der Waals surface area contributed by atoms with E-state index >= 15 is 0 Å². The van der Waals surface area contributed by atoms with E-state index in [0.717, 1.165) is 12.5 Å². The van der Waals surface area contributed by atoms with E-state index < -0.39 is 0 Å². The fourth-order valence-electron chi connectivity index (χ4n) is 2.22. The summed E-state index contributed by atoms with van der Waals surface area (Å²) in [6.07, 6.45) is 4.72. The van der Waals surface area contributed by atoms with Crippen LogP contribution in [-0.4, -0.2) is 34.8 Å². The Balaban J connectivity index is 2.10. The highest BCUT2D eigenvalue weighted by Gasteiger charge is 2.27. The molecule has 1 aliphatic rings. The molecule has 1 atom stereocenters. The first-order valence-electron chi connectivity index (χ1n) is 6.02. The summed E-state index contributed by atoms with van der Waals surface area (Å²) in [6.45, 7) is 3.93. The molecule has 1 heterocycles. The van der Waals surface area contributed by atoms with Gasteiger partial charge in [0, 0.05) is 31.4 Å². The Morgan fingerprint density at radius 1 is 1.62 bits per heavy atom. The van der Waals surface area contributed by atoms with Crippen LogP contribution in [0.2, 0.25) is 0 Å². The lowest BCUT2D eigenvalue weighted by molar-refractivity contribution is 0.239. The van der Waals surface area contributed by atoms with Gasteiger partial charge in [0.25, 0.3) is 0 Å². The topological polar surface area (TPSA) is 47.1 Å². The Morgan fingerprint density at radius 2 is 2.31 bits per heavy atom. The Kier molecular flexibility index (Phi) is 3.30. The number of rotatable bonds is 5. The largest absolute Gasteiger partial charge is 0.329 e. The Morgan fingerprint density at radius 3 is 2.75 bits per heavy atom. The van der Waals surface area contributed by atoms with Gasteiger partial charge in [0.05, 0.1) is 12.2 Å². The monoisotopic (exact) mass is 222 g/mol. The molecule has 1 unspecified atom stereocenters. The zero-order valence-electron chi connectivity index (χ0n) is 10.5. The lowest BCUT2D eigenvalue weighted by Gasteiger charge is -2.26. The molecule has 2 rings (SSSR count). The van der Waals surface area contributed by atoms with Gasteiger partial charge in [-0.05, 0) is 32.7 Å². The van der Waals surface area contributed by atoms with Crippen LogP contribution >= 0.6 is 0 Å². The van der Waals surface area contributed by atoms with Crippen molar-refractivity contribution in [3.05, 3.63) is 17.5 Å². The van der Waals surface area contributed by atoms with Crippen LogP contribution in [0.3, 0.4) is 0 Å². The van der Waals surface area contributed by atoms with Gasteiger partial charge >= 0.3 is 0 Å². The number of nitrogens with zero attached hydrogens (tertiary/aromatic N) is 3. The van der Waals surface area contributed by atoms with Gasteiger partial charge in [-0.15, -0.1) is 0 Å². The van der Waals surface area contributed by atoms with E-state index in [1.165, 1.54) is 24.1 Å². The maximum absolute atomic E-state index is 5.90. The number of likely N-dealkylation sites (N-methyl/N-ethyl adjacent to an activating group) is 1. The molecule has 90 valence electrons. The summed E-state index contributed by atoms with van der Waals surface area (Å²) >= 11 is 0. The second kappa shape index (κ2) is 4.55. The molecular formula is C12H22N4. The van der Waals surface area contributed by atoms with Crippen molar-refractivity contribution in [2.75, 3.05) is 20.1 Å². The van der Waals surface area contributed by atoms with Crippen LogP contribution in [0.15, 0.2) is 6.20 Å². The van der Waals surface area contributed by atoms with Gasteiger partial charge in [-0.2, -0.15) is 5.10 Å². The first-order valence-corrected chi connectivity index (χ1v) is 6.02. The Bertz CT molecular complexity index is 354. The standard InChI is InChI=1S/C12H22N4/c1-9-11(7-14-16(9)3)12(6-13)15(2)8-10-4-5-10/h7,10,12H,4-6,8,13H2,1-3H3. The lowest BCUT2D eigenvalue weighted by Crippen LogP contribution is -2.32. The van der Waals surface area contributed by atoms with Crippen molar-refractivity contribution in [3.8, 4) is 0 Å². The zero-order valence-corrected chi connectivity index (χ0v) is 10.5. The highest BCUT2D eigenvalue weighted by Crippen LogP contribution is 2.32. The highest BCUT2D eigenvalue weighted by molar-refractivity contribution is 5.21. The molecule has 0 aromatic carbocycles. The summed E-state index contributed by atoms with van der Waals surface area (Å²) in [4.78, 5) is 2.38. The predicted molar refractivity (Wildman–Crippen MR) is 65.1 cm³/mol. The minimum atomic E-state index is 0.314. The summed E-state index contributed by atoms with van der Waals surface area (Å²) in [7, 11) is 4.15. The fraction of sp³-hybridized carbons (Fsp3) is 0.750. The first-order chi connectivity index (χ1) is 7.63. The molecular weight excluding hydrogens is 200 g/mol. The van der Waals surface area contributed by atoms with Crippen LogP contribution in [0.5, 0.6) is 0 Å². The minimum absolute atomic E-state index is 0.314. The van der Waals surface area contributed by atoms with Crippen LogP contribution < -0.4 is 5.73 Å². The average molecular weight is 222 g/mol. The summed E-state index contributed by atoms with van der Waals surface area (Å²) in [6, 6.07) is 0.314. The molecule has 0 bridgehead atoms. The van der Waals surface area contributed by atoms with Gasteiger partial charge in [0.15, 0.2) is 0 Å². The van der Waals surface area contributed by atoms with Crippen molar-refractivity contribution in [2.45, 2.75) is 25.8 Å². The molecule has 0 saturated heterocycles. The van der Waals surface area contributed by atoms with E-state index in [2.05, 4.69) is 24.0 Å². The number of aromatic nitrogens is 2. The van der Waals surface area contributed by atoms with Crippen LogP contribution in [0.4, 0.5) is 0 Å². The molecule has 0 spiro atoms. The molecule has 16 heavy (non-hydrogen) atoms. The summed E-state index contributed by atoms with van der Waals surface area (Å²) in [5.41, 5.74) is 8.39. The molecule has 0 aliphatic heterocycles. The summed E-state index contributed by atoms with van der Waals surface area (Å²) < 4.78 is 1.92. The molecule has 4 nitrogen and oxygen atoms in total. The normalized spacial score (nSPS) is 18.1. The second-order valence-corrected chi connectivity index (χ2v) is 4.94. The average Bonchev–Trinajstić information content (AvgIpc) is 3.00. The van der Waals surface area contributed by atoms with Crippen LogP contribution in [0.25, 0.3) is 0 Å². The number of nitrogens with two attached hydrogens (primary N) is 1. The predicted octanol–water partition coefficient (Wildman–Crippen LogP) is 1.07. The lowest BCUT2D eigenvalue weighted by atomic mass is 10.1. The third-order valence-electron chi connectivity index (χ3n) is 3.63. The van der Waals surface area contributed by atoms with Crippen LogP contribution in [-0.2, 0) is 7.05 Å². The molecule has 1 fully saturated rings. The third kappa shape index (κ3) is 2.28. The highest BCUT2D eigenvalue weighted by atomic mass is 15.3. The van der Waals surface area contributed by atoms with Gasteiger partial charge < -0.3 is 5.73 Å². The SMILES string of the molecule is Cc1c(C(CN)N(C)CC2CC2)cnn1C. The maximum atomic E-state index is 5.90. The van der Waals surface area contributed by atoms with E-state index in [1.807, 2.05) is 17.9 Å². The molecule has 1 aromatic rings. The van der Waals surface area contributed by atoms with Crippen molar-refractivity contribution in [1.29, 1.82) is 0 Å². The van der Waals surface area contributed by atoms with Gasteiger partial charge in [-0.25, -0.2) is 0 Å². The van der Waals surface area contributed by atoms with Crippen molar-refractivity contribution in [2.24, 2.45) is 18.7 Å². The Labute approximate surface area is 97.4 Å². The Hall–Kier alpha value is -0.870. The van der Waals surface area contributed by atoms with Crippen LogP contribution in [0, 0.1) is 12.8 Å². The summed E-state index contributed by atoms with van der Waals surface area (Å²) in [5, 5.41) is 4.30. The molecule has 1 aromatic heterocycles. The van der Waals surface area contributed by atoms with Gasteiger partial charge in [0.2, 0.25) is 0 Å². The molecule has 1 aliphatic carbocycles. The van der Waals surface area contributed by atoms with Crippen molar-refractivity contribution in [3.63, 3.8) is 0 Å². The molecule has 0 amide bonds. The van der Waals surface area contributed by atoms with Crippen LogP contribution in [0.1, 0.15) is 30.1 Å². The molecule has 1 saturated carbocycles. The van der Waals surface area contributed by atoms with E-state index in [0.29, 0.717) is 12.6 Å². The number of aryl methyl sites for hydroxylation is 1. The second-order valence-electron chi connectivity index (χ2n) is 4.94. The van der Waals surface area contributed by atoms with E-state index in [9.17, 15) is 0 Å². The zero-order chi connectivity index (χ0) is 11.7. The summed E-state index contributed by atoms with van der Waals surface area (Å²) in [5.74, 6) is 0.899. The van der Waals surface area contributed by atoms with Crippen molar-refractivity contribution < 1.29 is 0 Å². The third-order valence-corrected chi connectivity index (χ3v) is 3.63.